The lowest BCUT2D eigenvalue weighted by molar-refractivity contribution is -0.145. The molecule has 0 aromatic heterocycles. The normalized spacial score (nSPS) is 11.7. The van der Waals surface area contributed by atoms with Gasteiger partial charge in [0.1, 0.15) is 6.04 Å². The number of aliphatic carboxylic acids is 2. The van der Waals surface area contributed by atoms with E-state index in [0.717, 1.165) is 0 Å². The molecule has 0 unspecified atom stereocenters. The smallest absolute Gasteiger partial charge is 0.405 e. The minimum absolute atomic E-state index is 0.776. The van der Waals surface area contributed by atoms with Crippen LogP contribution in [0.25, 0.3) is 0 Å². The topological polar surface area (TPSA) is 124 Å². The van der Waals surface area contributed by atoms with E-state index in [0.29, 0.717) is 0 Å². The average molecular weight is 177 g/mol. The molecule has 0 aliphatic rings. The lowest BCUT2D eigenvalue weighted by Crippen LogP contribution is -2.41. The summed E-state index contributed by atoms with van der Waals surface area (Å²) < 4.78 is 0. The van der Waals surface area contributed by atoms with Crippen LogP contribution < -0.4 is 5.32 Å². The van der Waals surface area contributed by atoms with Crippen molar-refractivity contribution >= 4 is 18.0 Å². The minimum atomic E-state index is -1.60. The summed E-state index contributed by atoms with van der Waals surface area (Å²) in [5.41, 5.74) is 0. The van der Waals surface area contributed by atoms with E-state index in [1.165, 1.54) is 0 Å². The quantitative estimate of drug-likeness (QED) is 0.444. The Labute approximate surface area is 66.6 Å². The van der Waals surface area contributed by atoms with E-state index in [4.69, 9.17) is 15.3 Å². The maximum absolute atomic E-state index is 10.2. The molecule has 0 aliphatic heterocycles. The fourth-order valence-corrected chi connectivity index (χ4v) is 0.524. The molecule has 7 heteroatoms. The van der Waals surface area contributed by atoms with Crippen LogP contribution in [0.1, 0.15) is 6.42 Å². The first kappa shape index (κ1) is 10.2. The SMILES string of the molecule is O=C(O)C[C@@H](NC(=O)O)C(=O)O. The zero-order valence-electron chi connectivity index (χ0n) is 5.85. The lowest BCUT2D eigenvalue weighted by atomic mass is 10.2. The average Bonchev–Trinajstić information content (AvgIpc) is 1.83. The van der Waals surface area contributed by atoms with Crippen molar-refractivity contribution in [1.82, 2.24) is 5.32 Å². The Morgan fingerprint density at radius 3 is 1.92 bits per heavy atom. The minimum Gasteiger partial charge on any atom is -0.481 e. The highest BCUT2D eigenvalue weighted by Crippen LogP contribution is 1.91. The lowest BCUT2D eigenvalue weighted by Gasteiger charge is -2.08. The van der Waals surface area contributed by atoms with Gasteiger partial charge in [-0.1, -0.05) is 0 Å². The predicted octanol–water partition coefficient (Wildman–Crippen LogP) is -0.818. The molecular weight excluding hydrogens is 170 g/mol. The molecule has 0 saturated heterocycles. The molecule has 0 rings (SSSR count). The Hall–Kier alpha value is -1.79. The molecule has 0 aromatic carbocycles. The molecule has 0 spiro atoms. The highest BCUT2D eigenvalue weighted by atomic mass is 16.4. The summed E-state index contributed by atoms with van der Waals surface area (Å²) in [6.07, 6.45) is -2.34. The molecular formula is C5H7NO6. The van der Waals surface area contributed by atoms with Crippen LogP contribution in [-0.4, -0.2) is 39.4 Å². The molecule has 1 amide bonds. The van der Waals surface area contributed by atoms with Gasteiger partial charge >= 0.3 is 18.0 Å². The van der Waals surface area contributed by atoms with Gasteiger partial charge in [0, 0.05) is 0 Å². The number of hydrogen-bond acceptors (Lipinski definition) is 3. The predicted molar refractivity (Wildman–Crippen MR) is 34.8 cm³/mol. The molecule has 7 nitrogen and oxygen atoms in total. The van der Waals surface area contributed by atoms with E-state index in [9.17, 15) is 14.4 Å². The highest BCUT2D eigenvalue weighted by Gasteiger charge is 2.22. The Bertz CT molecular complexity index is 196. The van der Waals surface area contributed by atoms with E-state index >= 15 is 0 Å². The zero-order chi connectivity index (χ0) is 9.72. The third-order valence-corrected chi connectivity index (χ3v) is 0.975. The number of nitrogens with one attached hydrogen (secondary N) is 1. The Morgan fingerprint density at radius 1 is 1.17 bits per heavy atom. The first-order chi connectivity index (χ1) is 5.43. The van der Waals surface area contributed by atoms with Crippen LogP contribution >= 0.6 is 0 Å². The number of amides is 1. The molecule has 0 aromatic rings. The first-order valence-corrected chi connectivity index (χ1v) is 2.87. The summed E-state index contributed by atoms with van der Waals surface area (Å²) in [7, 11) is 0. The zero-order valence-corrected chi connectivity index (χ0v) is 5.85. The summed E-state index contributed by atoms with van der Waals surface area (Å²) in [6, 6.07) is -1.60. The molecule has 68 valence electrons. The second-order valence-corrected chi connectivity index (χ2v) is 1.94. The van der Waals surface area contributed by atoms with Crippen molar-refractivity contribution in [3.63, 3.8) is 0 Å². The van der Waals surface area contributed by atoms with E-state index in [1.54, 1.807) is 5.32 Å². The summed E-state index contributed by atoms with van der Waals surface area (Å²) in [5, 5.41) is 26.1. The molecule has 4 N–H and O–H groups in total. The Balaban J connectivity index is 4.14. The van der Waals surface area contributed by atoms with Crippen molar-refractivity contribution in [2.24, 2.45) is 0 Å². The van der Waals surface area contributed by atoms with Crippen LogP contribution in [0.4, 0.5) is 4.79 Å². The van der Waals surface area contributed by atoms with Crippen molar-refractivity contribution < 1.29 is 29.7 Å². The van der Waals surface area contributed by atoms with E-state index in [2.05, 4.69) is 0 Å². The monoisotopic (exact) mass is 177 g/mol. The van der Waals surface area contributed by atoms with Gasteiger partial charge in [0.2, 0.25) is 0 Å². The highest BCUT2D eigenvalue weighted by molar-refractivity contribution is 5.84. The third kappa shape index (κ3) is 4.09. The van der Waals surface area contributed by atoms with Crippen LogP contribution in [0.3, 0.4) is 0 Å². The van der Waals surface area contributed by atoms with Gasteiger partial charge in [0.15, 0.2) is 0 Å². The van der Waals surface area contributed by atoms with Gasteiger partial charge in [-0.15, -0.1) is 0 Å². The van der Waals surface area contributed by atoms with Crippen LogP contribution in [-0.2, 0) is 9.59 Å². The van der Waals surface area contributed by atoms with Gasteiger partial charge in [0.05, 0.1) is 6.42 Å². The van der Waals surface area contributed by atoms with E-state index in [1.807, 2.05) is 0 Å². The number of carboxylic acid groups (broad SMARTS) is 3. The molecule has 0 bridgehead atoms. The molecule has 0 fully saturated rings. The Kier molecular flexibility index (Phi) is 3.54. The fraction of sp³-hybridized carbons (Fsp3) is 0.400. The van der Waals surface area contributed by atoms with Crippen LogP contribution in [0, 0.1) is 0 Å². The van der Waals surface area contributed by atoms with Crippen LogP contribution in [0.15, 0.2) is 0 Å². The summed E-state index contributed by atoms with van der Waals surface area (Å²) in [6.45, 7) is 0. The van der Waals surface area contributed by atoms with Gasteiger partial charge in [-0.3, -0.25) is 4.79 Å². The molecule has 0 aliphatic carbocycles. The number of hydrogen-bond donors (Lipinski definition) is 4. The second-order valence-electron chi connectivity index (χ2n) is 1.94. The molecule has 0 heterocycles. The third-order valence-electron chi connectivity index (χ3n) is 0.975. The van der Waals surface area contributed by atoms with Gasteiger partial charge in [-0.05, 0) is 0 Å². The summed E-state index contributed by atoms with van der Waals surface area (Å²) >= 11 is 0. The van der Waals surface area contributed by atoms with Crippen molar-refractivity contribution in [3.05, 3.63) is 0 Å². The fourth-order valence-electron chi connectivity index (χ4n) is 0.524. The number of carboxylic acids is 2. The van der Waals surface area contributed by atoms with Gasteiger partial charge in [0.25, 0.3) is 0 Å². The Morgan fingerprint density at radius 2 is 1.67 bits per heavy atom. The largest absolute Gasteiger partial charge is 0.481 e. The van der Waals surface area contributed by atoms with Crippen molar-refractivity contribution in [2.45, 2.75) is 12.5 Å². The van der Waals surface area contributed by atoms with Crippen molar-refractivity contribution in [2.75, 3.05) is 0 Å². The summed E-state index contributed by atoms with van der Waals surface area (Å²) in [5.74, 6) is -2.89. The van der Waals surface area contributed by atoms with Crippen LogP contribution in [0.5, 0.6) is 0 Å². The van der Waals surface area contributed by atoms with Gasteiger partial charge < -0.3 is 20.6 Å². The van der Waals surface area contributed by atoms with E-state index < -0.39 is 30.5 Å². The van der Waals surface area contributed by atoms with Crippen molar-refractivity contribution in [1.29, 1.82) is 0 Å². The molecule has 0 radical (unpaired) electrons. The number of rotatable bonds is 4. The maximum Gasteiger partial charge on any atom is 0.405 e. The van der Waals surface area contributed by atoms with E-state index in [-0.39, 0.29) is 0 Å². The molecule has 1 atom stereocenters. The number of carbonyl (C=O) groups is 3. The maximum atomic E-state index is 10.2. The first-order valence-electron chi connectivity index (χ1n) is 2.87. The van der Waals surface area contributed by atoms with Gasteiger partial charge in [-0.2, -0.15) is 0 Å². The van der Waals surface area contributed by atoms with Crippen LogP contribution in [0.2, 0.25) is 0 Å². The van der Waals surface area contributed by atoms with Crippen molar-refractivity contribution in [3.8, 4) is 0 Å². The van der Waals surface area contributed by atoms with Gasteiger partial charge in [-0.25, -0.2) is 9.59 Å². The summed E-state index contributed by atoms with van der Waals surface area (Å²) in [4.78, 5) is 30.1. The second kappa shape index (κ2) is 4.16. The molecule has 12 heavy (non-hydrogen) atoms. The molecule has 0 saturated carbocycles. The standard InChI is InChI=1S/C5H7NO6/c7-3(8)1-2(4(9)10)6-5(11)12/h2,6H,1H2,(H,7,8)(H,9,10)(H,11,12)/t2-/m1/s1.